The summed E-state index contributed by atoms with van der Waals surface area (Å²) in [6.45, 7) is 5.54. The van der Waals surface area contributed by atoms with E-state index in [9.17, 15) is 0 Å². The fraction of sp³-hybridized carbons (Fsp3) is 0.700. The van der Waals surface area contributed by atoms with E-state index >= 15 is 0 Å². The second-order valence-corrected chi connectivity index (χ2v) is 3.83. The molecule has 0 saturated carbocycles. The number of hydrogen-bond acceptors (Lipinski definition) is 3. The van der Waals surface area contributed by atoms with Crippen LogP contribution in [-0.4, -0.2) is 40.6 Å². The molecule has 2 heterocycles. The lowest BCUT2D eigenvalue weighted by Gasteiger charge is -2.18. The molecule has 1 aliphatic heterocycles. The average molecular weight is 194 g/mol. The van der Waals surface area contributed by atoms with Gasteiger partial charge in [0, 0.05) is 32.5 Å². The zero-order valence-electron chi connectivity index (χ0n) is 8.74. The Morgan fingerprint density at radius 1 is 1.43 bits per heavy atom. The number of nitrogens with one attached hydrogen (secondary N) is 1. The first kappa shape index (κ1) is 9.68. The molecule has 0 unspecified atom stereocenters. The minimum atomic E-state index is 0.977. The minimum absolute atomic E-state index is 0.977. The number of rotatable bonds is 2. The molecule has 0 amide bonds. The van der Waals surface area contributed by atoms with E-state index in [2.05, 4.69) is 26.8 Å². The molecule has 0 aliphatic carbocycles. The van der Waals surface area contributed by atoms with Gasteiger partial charge in [-0.15, -0.1) is 0 Å². The highest BCUT2D eigenvalue weighted by Crippen LogP contribution is 2.03. The fourth-order valence-electron chi connectivity index (χ4n) is 1.81. The van der Waals surface area contributed by atoms with Crippen molar-refractivity contribution in [2.24, 2.45) is 7.05 Å². The molecule has 78 valence electrons. The third-order valence-electron chi connectivity index (χ3n) is 2.72. The first-order chi connectivity index (χ1) is 6.86. The van der Waals surface area contributed by atoms with Crippen LogP contribution in [0.3, 0.4) is 0 Å². The van der Waals surface area contributed by atoms with Crippen molar-refractivity contribution in [3.63, 3.8) is 0 Å². The van der Waals surface area contributed by atoms with Crippen LogP contribution in [0.1, 0.15) is 12.2 Å². The second-order valence-electron chi connectivity index (χ2n) is 3.83. The number of aryl methyl sites for hydroxylation is 1. The molecule has 0 bridgehead atoms. The SMILES string of the molecule is Cn1ccnc1CN1CCCNCC1. The zero-order chi connectivity index (χ0) is 9.80. The van der Waals surface area contributed by atoms with Crippen molar-refractivity contribution in [2.75, 3.05) is 26.2 Å². The number of hydrogen-bond donors (Lipinski definition) is 1. The Kier molecular flexibility index (Phi) is 3.16. The van der Waals surface area contributed by atoms with Gasteiger partial charge in [-0.05, 0) is 19.5 Å². The van der Waals surface area contributed by atoms with E-state index in [4.69, 9.17) is 0 Å². The Balaban J connectivity index is 1.92. The van der Waals surface area contributed by atoms with Gasteiger partial charge in [-0.3, -0.25) is 4.90 Å². The van der Waals surface area contributed by atoms with Crippen LogP contribution in [0.15, 0.2) is 12.4 Å². The molecule has 1 aromatic heterocycles. The van der Waals surface area contributed by atoms with Crippen LogP contribution < -0.4 is 5.32 Å². The first-order valence-corrected chi connectivity index (χ1v) is 5.25. The minimum Gasteiger partial charge on any atom is -0.337 e. The molecule has 1 saturated heterocycles. The molecule has 0 spiro atoms. The first-order valence-electron chi connectivity index (χ1n) is 5.25. The van der Waals surface area contributed by atoms with Crippen LogP contribution in [0.4, 0.5) is 0 Å². The second kappa shape index (κ2) is 4.57. The largest absolute Gasteiger partial charge is 0.337 e. The van der Waals surface area contributed by atoms with Crippen LogP contribution in [0.25, 0.3) is 0 Å². The summed E-state index contributed by atoms with van der Waals surface area (Å²) in [5.74, 6) is 1.16. The summed E-state index contributed by atoms with van der Waals surface area (Å²) >= 11 is 0. The maximum Gasteiger partial charge on any atom is 0.122 e. The third-order valence-corrected chi connectivity index (χ3v) is 2.72. The van der Waals surface area contributed by atoms with Crippen molar-refractivity contribution in [3.05, 3.63) is 18.2 Å². The third kappa shape index (κ3) is 2.33. The van der Waals surface area contributed by atoms with Crippen molar-refractivity contribution in [2.45, 2.75) is 13.0 Å². The molecule has 2 rings (SSSR count). The maximum atomic E-state index is 4.34. The van der Waals surface area contributed by atoms with E-state index in [-0.39, 0.29) is 0 Å². The van der Waals surface area contributed by atoms with Crippen molar-refractivity contribution >= 4 is 0 Å². The number of nitrogens with zero attached hydrogens (tertiary/aromatic N) is 3. The van der Waals surface area contributed by atoms with Crippen LogP contribution in [0, 0.1) is 0 Å². The molecule has 1 aliphatic rings. The van der Waals surface area contributed by atoms with E-state index in [1.807, 2.05) is 12.4 Å². The average Bonchev–Trinajstić information content (AvgIpc) is 2.44. The Hall–Kier alpha value is -0.870. The Labute approximate surface area is 84.9 Å². The van der Waals surface area contributed by atoms with Gasteiger partial charge < -0.3 is 9.88 Å². The van der Waals surface area contributed by atoms with Crippen molar-refractivity contribution in [3.8, 4) is 0 Å². The van der Waals surface area contributed by atoms with Gasteiger partial charge in [0.2, 0.25) is 0 Å². The molecule has 1 N–H and O–H groups in total. The smallest absolute Gasteiger partial charge is 0.122 e. The summed E-state index contributed by atoms with van der Waals surface area (Å²) in [4.78, 5) is 6.80. The summed E-state index contributed by atoms with van der Waals surface area (Å²) in [7, 11) is 2.05. The highest BCUT2D eigenvalue weighted by Gasteiger charge is 2.10. The lowest BCUT2D eigenvalue weighted by Crippen LogP contribution is -2.28. The molecule has 0 atom stereocenters. The van der Waals surface area contributed by atoms with Crippen LogP contribution >= 0.6 is 0 Å². The van der Waals surface area contributed by atoms with Crippen LogP contribution in [-0.2, 0) is 13.6 Å². The Morgan fingerprint density at radius 3 is 3.14 bits per heavy atom. The van der Waals surface area contributed by atoms with E-state index in [1.165, 1.54) is 13.0 Å². The highest BCUT2D eigenvalue weighted by atomic mass is 15.2. The topological polar surface area (TPSA) is 33.1 Å². The lowest BCUT2D eigenvalue weighted by atomic mass is 10.4. The quantitative estimate of drug-likeness (QED) is 0.731. The Bertz CT molecular complexity index is 273. The molecule has 14 heavy (non-hydrogen) atoms. The molecular weight excluding hydrogens is 176 g/mol. The van der Waals surface area contributed by atoms with E-state index < -0.39 is 0 Å². The standard InChI is InChI=1S/C10H18N4/c1-13-7-5-12-10(13)9-14-6-2-3-11-4-8-14/h5,7,11H,2-4,6,8-9H2,1H3. The summed E-state index contributed by atoms with van der Waals surface area (Å²) in [5.41, 5.74) is 0. The molecule has 4 nitrogen and oxygen atoms in total. The zero-order valence-corrected chi connectivity index (χ0v) is 8.74. The molecule has 0 radical (unpaired) electrons. The van der Waals surface area contributed by atoms with E-state index in [1.54, 1.807) is 0 Å². The van der Waals surface area contributed by atoms with Crippen LogP contribution in [0.2, 0.25) is 0 Å². The molecule has 4 heteroatoms. The Morgan fingerprint density at radius 2 is 2.36 bits per heavy atom. The van der Waals surface area contributed by atoms with Gasteiger partial charge in [0.05, 0.1) is 6.54 Å². The monoisotopic (exact) mass is 194 g/mol. The van der Waals surface area contributed by atoms with Gasteiger partial charge in [0.15, 0.2) is 0 Å². The number of imidazole rings is 1. The van der Waals surface area contributed by atoms with E-state index in [0.717, 1.165) is 32.0 Å². The summed E-state index contributed by atoms with van der Waals surface area (Å²) in [6, 6.07) is 0. The predicted octanol–water partition coefficient (Wildman–Crippen LogP) is 0.215. The van der Waals surface area contributed by atoms with E-state index in [0.29, 0.717) is 0 Å². The molecular formula is C10H18N4. The normalized spacial score (nSPS) is 19.5. The molecule has 1 aromatic rings. The van der Waals surface area contributed by atoms with Gasteiger partial charge in [-0.2, -0.15) is 0 Å². The van der Waals surface area contributed by atoms with Crippen molar-refractivity contribution < 1.29 is 0 Å². The lowest BCUT2D eigenvalue weighted by molar-refractivity contribution is 0.274. The summed E-state index contributed by atoms with van der Waals surface area (Å²) < 4.78 is 2.10. The van der Waals surface area contributed by atoms with Gasteiger partial charge in [-0.25, -0.2) is 4.98 Å². The van der Waals surface area contributed by atoms with Gasteiger partial charge >= 0.3 is 0 Å². The van der Waals surface area contributed by atoms with Gasteiger partial charge in [0.1, 0.15) is 5.82 Å². The van der Waals surface area contributed by atoms with Gasteiger partial charge in [-0.1, -0.05) is 0 Å². The molecule has 1 fully saturated rings. The summed E-state index contributed by atoms with van der Waals surface area (Å²) in [6.07, 6.45) is 5.11. The van der Waals surface area contributed by atoms with Gasteiger partial charge in [0.25, 0.3) is 0 Å². The highest BCUT2D eigenvalue weighted by molar-refractivity contribution is 4.91. The predicted molar refractivity (Wildman–Crippen MR) is 56.0 cm³/mol. The molecule has 0 aromatic carbocycles. The van der Waals surface area contributed by atoms with Crippen molar-refractivity contribution in [1.82, 2.24) is 19.8 Å². The number of aromatic nitrogens is 2. The maximum absolute atomic E-state index is 4.34. The van der Waals surface area contributed by atoms with Crippen LogP contribution in [0.5, 0.6) is 0 Å². The summed E-state index contributed by atoms with van der Waals surface area (Å²) in [5, 5.41) is 3.40. The fourth-order valence-corrected chi connectivity index (χ4v) is 1.81. The van der Waals surface area contributed by atoms with Crippen molar-refractivity contribution in [1.29, 1.82) is 0 Å².